The van der Waals surface area contributed by atoms with Crippen LogP contribution >= 0.6 is 0 Å². The third-order valence-corrected chi connectivity index (χ3v) is 2.26. The van der Waals surface area contributed by atoms with Crippen LogP contribution in [-0.2, 0) is 4.74 Å². The van der Waals surface area contributed by atoms with Gasteiger partial charge in [-0.2, -0.15) is 0 Å². The third kappa shape index (κ3) is 1.79. The van der Waals surface area contributed by atoms with Gasteiger partial charge in [-0.25, -0.2) is 4.79 Å². The van der Waals surface area contributed by atoms with Gasteiger partial charge in [0.25, 0.3) is 0 Å². The number of rotatable bonds is 2. The molecule has 1 atom stereocenters. The minimum Gasteiger partial charge on any atom is -0.497 e. The Hall–Kier alpha value is -1.97. The van der Waals surface area contributed by atoms with E-state index in [-0.39, 0.29) is 6.04 Å². The second-order valence-electron chi connectivity index (χ2n) is 3.21. The molecule has 2 rings (SSSR count). The number of alkyl carbamates (subject to hydrolysis) is 1. The summed E-state index contributed by atoms with van der Waals surface area (Å²) in [5.41, 5.74) is 0.923. The van der Waals surface area contributed by atoms with Gasteiger partial charge in [-0.15, -0.1) is 0 Å². The average Bonchev–Trinajstić information content (AvgIpc) is 2.58. The summed E-state index contributed by atoms with van der Waals surface area (Å²) in [5.74, 6) is 1.19. The maximum atomic E-state index is 10.9. The fourth-order valence-electron chi connectivity index (χ4n) is 1.47. The van der Waals surface area contributed by atoms with Crippen molar-refractivity contribution < 1.29 is 14.3 Å². The Morgan fingerprint density at radius 1 is 1.40 bits per heavy atom. The van der Waals surface area contributed by atoms with E-state index in [0.717, 1.165) is 11.3 Å². The van der Waals surface area contributed by atoms with Gasteiger partial charge in [0.2, 0.25) is 0 Å². The molecule has 15 heavy (non-hydrogen) atoms. The van der Waals surface area contributed by atoms with E-state index in [0.29, 0.717) is 5.76 Å². The van der Waals surface area contributed by atoms with E-state index in [2.05, 4.69) is 11.9 Å². The Bertz CT molecular complexity index is 397. The number of carbonyl (C=O) groups excluding carboxylic acids is 1. The highest BCUT2D eigenvalue weighted by atomic mass is 16.6. The van der Waals surface area contributed by atoms with Gasteiger partial charge in [-0.05, 0) is 17.7 Å². The molecule has 0 radical (unpaired) electrons. The van der Waals surface area contributed by atoms with Crippen molar-refractivity contribution in [3.8, 4) is 5.75 Å². The number of hydrogen-bond donors (Lipinski definition) is 1. The SMILES string of the molecule is C=C1OC(=O)NC1c1ccc(OC)cc1. The summed E-state index contributed by atoms with van der Waals surface area (Å²) in [4.78, 5) is 10.9. The Morgan fingerprint density at radius 2 is 2.07 bits per heavy atom. The van der Waals surface area contributed by atoms with Crippen molar-refractivity contribution in [1.82, 2.24) is 5.32 Å². The molecule has 0 aromatic heterocycles. The van der Waals surface area contributed by atoms with Crippen LogP contribution in [0.1, 0.15) is 11.6 Å². The molecule has 1 unspecified atom stereocenters. The normalized spacial score (nSPS) is 19.7. The van der Waals surface area contributed by atoms with E-state index in [1.165, 1.54) is 0 Å². The molecule has 0 aliphatic carbocycles. The zero-order chi connectivity index (χ0) is 10.8. The Balaban J connectivity index is 2.22. The van der Waals surface area contributed by atoms with Crippen LogP contribution in [0.5, 0.6) is 5.75 Å². The predicted octanol–water partition coefficient (Wildman–Crippen LogP) is 1.99. The lowest BCUT2D eigenvalue weighted by atomic mass is 10.1. The summed E-state index contributed by atoms with van der Waals surface area (Å²) >= 11 is 0. The van der Waals surface area contributed by atoms with E-state index >= 15 is 0 Å². The topological polar surface area (TPSA) is 47.6 Å². The number of cyclic esters (lactones) is 1. The summed E-state index contributed by atoms with van der Waals surface area (Å²) < 4.78 is 9.85. The molecule has 1 heterocycles. The second kappa shape index (κ2) is 3.65. The maximum Gasteiger partial charge on any atom is 0.413 e. The van der Waals surface area contributed by atoms with E-state index in [9.17, 15) is 4.79 Å². The lowest BCUT2D eigenvalue weighted by molar-refractivity contribution is 0.195. The first-order valence-corrected chi connectivity index (χ1v) is 4.52. The van der Waals surface area contributed by atoms with Crippen LogP contribution in [0, 0.1) is 0 Å². The Morgan fingerprint density at radius 3 is 2.53 bits per heavy atom. The van der Waals surface area contributed by atoms with Gasteiger partial charge in [0.1, 0.15) is 17.6 Å². The minimum atomic E-state index is -0.458. The number of amides is 1. The second-order valence-corrected chi connectivity index (χ2v) is 3.21. The van der Waals surface area contributed by atoms with Gasteiger partial charge in [-0.1, -0.05) is 18.7 Å². The minimum absolute atomic E-state index is 0.261. The molecule has 1 amide bonds. The third-order valence-electron chi connectivity index (χ3n) is 2.26. The van der Waals surface area contributed by atoms with Crippen LogP contribution in [-0.4, -0.2) is 13.2 Å². The summed E-state index contributed by atoms with van der Waals surface area (Å²) in [6, 6.07) is 7.12. The van der Waals surface area contributed by atoms with Crippen molar-refractivity contribution >= 4 is 6.09 Å². The smallest absolute Gasteiger partial charge is 0.413 e. The molecule has 0 spiro atoms. The molecule has 78 valence electrons. The molecule has 1 aliphatic heterocycles. The monoisotopic (exact) mass is 205 g/mol. The number of carbonyl (C=O) groups is 1. The standard InChI is InChI=1S/C11H11NO3/c1-7-10(12-11(13)15-7)8-3-5-9(14-2)6-4-8/h3-6,10H,1H2,2H3,(H,12,13). The van der Waals surface area contributed by atoms with Crippen molar-refractivity contribution in [2.45, 2.75) is 6.04 Å². The quantitative estimate of drug-likeness (QED) is 0.803. The van der Waals surface area contributed by atoms with Crippen molar-refractivity contribution in [3.63, 3.8) is 0 Å². The van der Waals surface area contributed by atoms with E-state index in [1.807, 2.05) is 24.3 Å². The summed E-state index contributed by atoms with van der Waals surface area (Å²) in [7, 11) is 1.61. The fourth-order valence-corrected chi connectivity index (χ4v) is 1.47. The molecule has 1 aromatic carbocycles. The van der Waals surface area contributed by atoms with Gasteiger partial charge in [-0.3, -0.25) is 0 Å². The molecule has 0 saturated carbocycles. The fraction of sp³-hybridized carbons (Fsp3) is 0.182. The van der Waals surface area contributed by atoms with Crippen molar-refractivity contribution in [3.05, 3.63) is 42.2 Å². The molecule has 1 fully saturated rings. The number of methoxy groups -OCH3 is 1. The molecule has 1 aliphatic rings. The van der Waals surface area contributed by atoms with E-state index in [1.54, 1.807) is 7.11 Å². The van der Waals surface area contributed by atoms with Crippen LogP contribution in [0.2, 0.25) is 0 Å². The van der Waals surface area contributed by atoms with Gasteiger partial charge in [0.15, 0.2) is 0 Å². The zero-order valence-corrected chi connectivity index (χ0v) is 8.32. The van der Waals surface area contributed by atoms with Crippen molar-refractivity contribution in [1.29, 1.82) is 0 Å². The van der Waals surface area contributed by atoms with E-state index in [4.69, 9.17) is 9.47 Å². The summed E-state index contributed by atoms with van der Waals surface area (Å²) in [5, 5.41) is 2.66. The van der Waals surface area contributed by atoms with E-state index < -0.39 is 6.09 Å². The first-order chi connectivity index (χ1) is 7.20. The Kier molecular flexibility index (Phi) is 2.33. The van der Waals surface area contributed by atoms with Crippen LogP contribution in [0.3, 0.4) is 0 Å². The van der Waals surface area contributed by atoms with Crippen LogP contribution < -0.4 is 10.1 Å². The lowest BCUT2D eigenvalue weighted by Gasteiger charge is -2.09. The first-order valence-electron chi connectivity index (χ1n) is 4.52. The molecule has 4 nitrogen and oxygen atoms in total. The highest BCUT2D eigenvalue weighted by molar-refractivity contribution is 5.73. The maximum absolute atomic E-state index is 10.9. The number of ether oxygens (including phenoxy) is 2. The van der Waals surface area contributed by atoms with Crippen molar-refractivity contribution in [2.24, 2.45) is 0 Å². The molecule has 1 saturated heterocycles. The largest absolute Gasteiger partial charge is 0.497 e. The average molecular weight is 205 g/mol. The van der Waals surface area contributed by atoms with Crippen LogP contribution in [0.15, 0.2) is 36.6 Å². The van der Waals surface area contributed by atoms with Gasteiger partial charge in [0.05, 0.1) is 7.11 Å². The van der Waals surface area contributed by atoms with Crippen LogP contribution in [0.4, 0.5) is 4.79 Å². The number of benzene rings is 1. The van der Waals surface area contributed by atoms with Crippen molar-refractivity contribution in [2.75, 3.05) is 7.11 Å². The lowest BCUT2D eigenvalue weighted by Crippen LogP contribution is -2.17. The van der Waals surface area contributed by atoms with Gasteiger partial charge >= 0.3 is 6.09 Å². The molecule has 1 N–H and O–H groups in total. The number of hydrogen-bond acceptors (Lipinski definition) is 3. The summed E-state index contributed by atoms with van der Waals surface area (Å²) in [6.45, 7) is 3.67. The van der Waals surface area contributed by atoms with Gasteiger partial charge < -0.3 is 14.8 Å². The molecule has 1 aromatic rings. The van der Waals surface area contributed by atoms with Crippen LogP contribution in [0.25, 0.3) is 0 Å². The zero-order valence-electron chi connectivity index (χ0n) is 8.32. The highest BCUT2D eigenvalue weighted by Gasteiger charge is 2.28. The molecule has 0 bridgehead atoms. The summed E-state index contributed by atoms with van der Waals surface area (Å²) in [6.07, 6.45) is -0.458. The van der Waals surface area contributed by atoms with Gasteiger partial charge in [0, 0.05) is 0 Å². The highest BCUT2D eigenvalue weighted by Crippen LogP contribution is 2.27. The number of nitrogens with one attached hydrogen (secondary N) is 1. The molecular weight excluding hydrogens is 194 g/mol. The Labute approximate surface area is 87.5 Å². The molecule has 4 heteroatoms. The predicted molar refractivity (Wildman–Crippen MR) is 54.5 cm³/mol. The first kappa shape index (κ1) is 9.58. The molecular formula is C11H11NO3.